The number of unbranched alkanes of at least 4 members (excludes halogenated alkanes) is 2. The van der Waals surface area contributed by atoms with Gasteiger partial charge in [-0.15, -0.1) is 0 Å². The summed E-state index contributed by atoms with van der Waals surface area (Å²) in [6.45, 7) is 5.16. The maximum atomic E-state index is 9.80. The summed E-state index contributed by atoms with van der Waals surface area (Å²) in [6, 6.07) is 0. The van der Waals surface area contributed by atoms with Gasteiger partial charge >= 0.3 is 0 Å². The quantitative estimate of drug-likeness (QED) is 0.333. The fourth-order valence-corrected chi connectivity index (χ4v) is 0.986. The van der Waals surface area contributed by atoms with Crippen LogP contribution in [0.25, 0.3) is 0 Å². The smallest absolute Gasteiger partial charge is 0.293 e. The van der Waals surface area contributed by atoms with Crippen molar-refractivity contribution in [1.82, 2.24) is 0 Å². The Kier molecular flexibility index (Phi) is 7.76. The predicted octanol–water partition coefficient (Wildman–Crippen LogP) is 2.69. The third kappa shape index (κ3) is 7.32. The Bertz CT molecular complexity index is 139. The van der Waals surface area contributed by atoms with Crippen molar-refractivity contribution in [2.75, 3.05) is 6.61 Å². The Hall–Kier alpha value is -0.790. The zero-order chi connectivity index (χ0) is 9.23. The van der Waals surface area contributed by atoms with Crippen molar-refractivity contribution in [3.05, 3.63) is 11.6 Å². The fourth-order valence-electron chi connectivity index (χ4n) is 0.986. The summed E-state index contributed by atoms with van der Waals surface area (Å²) in [6.07, 6.45) is 6.85. The molecule has 0 spiro atoms. The third-order valence-electron chi connectivity index (χ3n) is 1.77. The second kappa shape index (κ2) is 8.31. The van der Waals surface area contributed by atoms with Gasteiger partial charge in [-0.2, -0.15) is 0 Å². The topological polar surface area (TPSA) is 26.3 Å². The van der Waals surface area contributed by atoms with Gasteiger partial charge in [0.1, 0.15) is 6.61 Å². The molecule has 0 N–H and O–H groups in total. The highest BCUT2D eigenvalue weighted by atomic mass is 16.5. The summed E-state index contributed by atoms with van der Waals surface area (Å²) in [7, 11) is 0. The van der Waals surface area contributed by atoms with Gasteiger partial charge < -0.3 is 4.74 Å². The number of ether oxygens (including phenoxy) is 1. The molecule has 0 aliphatic rings. The molecule has 2 heteroatoms. The van der Waals surface area contributed by atoms with E-state index in [2.05, 4.69) is 18.6 Å². The molecule has 0 rings (SSSR count). The summed E-state index contributed by atoms with van der Waals surface area (Å²) < 4.78 is 4.55. The number of allylic oxidation sites excluding steroid dienone is 1. The molecule has 0 amide bonds. The number of hydrogen-bond donors (Lipinski definition) is 0. The summed E-state index contributed by atoms with van der Waals surface area (Å²) in [5.41, 5.74) is 1.31. The first-order valence-corrected chi connectivity index (χ1v) is 4.52. The molecule has 0 unspecified atom stereocenters. The van der Waals surface area contributed by atoms with E-state index in [1.54, 1.807) is 0 Å². The van der Waals surface area contributed by atoms with E-state index in [4.69, 9.17) is 0 Å². The average Bonchev–Trinajstić information content (AvgIpc) is 2.06. The number of carbonyl (C=O) groups excluding carboxylic acids is 1. The molecule has 0 radical (unpaired) electrons. The SMILES string of the molecule is CCCCC/C(C)=C\COC=O. The lowest BCUT2D eigenvalue weighted by molar-refractivity contribution is -0.127. The normalized spacial score (nSPS) is 11.3. The Balaban J connectivity index is 3.35. The van der Waals surface area contributed by atoms with Crippen molar-refractivity contribution in [3.8, 4) is 0 Å². The first-order valence-electron chi connectivity index (χ1n) is 4.52. The highest BCUT2D eigenvalue weighted by molar-refractivity contribution is 5.37. The van der Waals surface area contributed by atoms with E-state index in [0.717, 1.165) is 6.42 Å². The molecule has 0 aliphatic carbocycles. The first-order chi connectivity index (χ1) is 5.81. The zero-order valence-corrected chi connectivity index (χ0v) is 8.01. The summed E-state index contributed by atoms with van der Waals surface area (Å²) in [4.78, 5) is 9.80. The third-order valence-corrected chi connectivity index (χ3v) is 1.77. The van der Waals surface area contributed by atoms with Gasteiger partial charge in [-0.1, -0.05) is 25.3 Å². The maximum Gasteiger partial charge on any atom is 0.293 e. The molecule has 0 aromatic heterocycles. The molecule has 0 saturated heterocycles. The van der Waals surface area contributed by atoms with Crippen molar-refractivity contribution in [2.45, 2.75) is 39.5 Å². The average molecular weight is 170 g/mol. The lowest BCUT2D eigenvalue weighted by Gasteiger charge is -1.99. The van der Waals surface area contributed by atoms with Crippen molar-refractivity contribution in [2.24, 2.45) is 0 Å². The number of rotatable bonds is 7. The van der Waals surface area contributed by atoms with Gasteiger partial charge in [-0.25, -0.2) is 0 Å². The van der Waals surface area contributed by atoms with Crippen LogP contribution in [0.1, 0.15) is 39.5 Å². The van der Waals surface area contributed by atoms with Crippen LogP contribution in [0, 0.1) is 0 Å². The molecule has 0 aromatic rings. The van der Waals surface area contributed by atoms with E-state index in [1.807, 2.05) is 6.08 Å². The van der Waals surface area contributed by atoms with Crippen LogP contribution >= 0.6 is 0 Å². The highest BCUT2D eigenvalue weighted by Gasteiger charge is 1.89. The minimum Gasteiger partial charge on any atom is -0.464 e. The molecule has 0 heterocycles. The van der Waals surface area contributed by atoms with Gasteiger partial charge in [0.25, 0.3) is 6.47 Å². The van der Waals surface area contributed by atoms with Crippen LogP contribution in [-0.4, -0.2) is 13.1 Å². The van der Waals surface area contributed by atoms with E-state index in [-0.39, 0.29) is 0 Å². The molecule has 70 valence electrons. The molecule has 0 fully saturated rings. The van der Waals surface area contributed by atoms with Crippen molar-refractivity contribution >= 4 is 6.47 Å². The van der Waals surface area contributed by atoms with Gasteiger partial charge in [0, 0.05) is 0 Å². The van der Waals surface area contributed by atoms with Crippen molar-refractivity contribution in [3.63, 3.8) is 0 Å². The lowest BCUT2D eigenvalue weighted by Crippen LogP contribution is -1.88. The molecular weight excluding hydrogens is 152 g/mol. The van der Waals surface area contributed by atoms with Crippen molar-refractivity contribution < 1.29 is 9.53 Å². The molecule has 0 aromatic carbocycles. The minimum atomic E-state index is 0.418. The number of hydrogen-bond acceptors (Lipinski definition) is 2. The Morgan fingerprint density at radius 1 is 1.42 bits per heavy atom. The number of carbonyl (C=O) groups is 1. The molecule has 2 nitrogen and oxygen atoms in total. The highest BCUT2D eigenvalue weighted by Crippen LogP contribution is 2.07. The summed E-state index contributed by atoms with van der Waals surface area (Å²) in [5, 5.41) is 0. The Labute approximate surface area is 74.6 Å². The van der Waals surface area contributed by atoms with Crippen LogP contribution in [0.2, 0.25) is 0 Å². The maximum absolute atomic E-state index is 9.80. The van der Waals surface area contributed by atoms with Crippen LogP contribution in [0.5, 0.6) is 0 Å². The molecule has 12 heavy (non-hydrogen) atoms. The van der Waals surface area contributed by atoms with E-state index < -0.39 is 0 Å². The van der Waals surface area contributed by atoms with Gasteiger partial charge in [-0.3, -0.25) is 4.79 Å². The van der Waals surface area contributed by atoms with Crippen LogP contribution in [-0.2, 0) is 9.53 Å². The molecule has 0 bridgehead atoms. The van der Waals surface area contributed by atoms with E-state index in [1.165, 1.54) is 24.8 Å². The summed E-state index contributed by atoms with van der Waals surface area (Å²) in [5.74, 6) is 0. The van der Waals surface area contributed by atoms with Crippen LogP contribution in [0.4, 0.5) is 0 Å². The van der Waals surface area contributed by atoms with E-state index >= 15 is 0 Å². The van der Waals surface area contributed by atoms with Crippen LogP contribution in [0.15, 0.2) is 11.6 Å². The van der Waals surface area contributed by atoms with Crippen molar-refractivity contribution in [1.29, 1.82) is 0 Å². The molecule has 0 aliphatic heterocycles. The van der Waals surface area contributed by atoms with Gasteiger partial charge in [0.15, 0.2) is 0 Å². The second-order valence-corrected chi connectivity index (χ2v) is 2.94. The molecule has 0 saturated carbocycles. The first kappa shape index (κ1) is 11.2. The predicted molar refractivity (Wildman–Crippen MR) is 49.9 cm³/mol. The molecule has 0 atom stereocenters. The van der Waals surface area contributed by atoms with Crippen LogP contribution < -0.4 is 0 Å². The van der Waals surface area contributed by atoms with E-state index in [0.29, 0.717) is 13.1 Å². The molecular formula is C10H18O2. The van der Waals surface area contributed by atoms with Gasteiger partial charge in [-0.05, 0) is 25.8 Å². The fraction of sp³-hybridized carbons (Fsp3) is 0.700. The monoisotopic (exact) mass is 170 g/mol. The standard InChI is InChI=1S/C10H18O2/c1-3-4-5-6-10(2)7-8-12-9-11/h7,9H,3-6,8H2,1-2H3/b10-7-. The van der Waals surface area contributed by atoms with Gasteiger partial charge in [0.2, 0.25) is 0 Å². The lowest BCUT2D eigenvalue weighted by atomic mass is 10.1. The van der Waals surface area contributed by atoms with Crippen LogP contribution in [0.3, 0.4) is 0 Å². The zero-order valence-electron chi connectivity index (χ0n) is 8.01. The van der Waals surface area contributed by atoms with Gasteiger partial charge in [0.05, 0.1) is 0 Å². The van der Waals surface area contributed by atoms with E-state index in [9.17, 15) is 4.79 Å². The minimum absolute atomic E-state index is 0.418. The summed E-state index contributed by atoms with van der Waals surface area (Å²) >= 11 is 0. The second-order valence-electron chi connectivity index (χ2n) is 2.94. The Morgan fingerprint density at radius 3 is 2.75 bits per heavy atom. The Morgan fingerprint density at radius 2 is 2.17 bits per heavy atom. The largest absolute Gasteiger partial charge is 0.464 e.